The van der Waals surface area contributed by atoms with Crippen molar-refractivity contribution in [3.63, 3.8) is 0 Å². The van der Waals surface area contributed by atoms with Gasteiger partial charge >= 0.3 is 5.97 Å². The maximum absolute atomic E-state index is 12.6. The van der Waals surface area contributed by atoms with Gasteiger partial charge < -0.3 is 14.3 Å². The second-order valence-electron chi connectivity index (χ2n) is 4.12. The summed E-state index contributed by atoms with van der Waals surface area (Å²) >= 11 is 0. The zero-order valence-corrected chi connectivity index (χ0v) is 9.57. The summed E-state index contributed by atoms with van der Waals surface area (Å²) in [6.07, 6.45) is -0.0868. The second-order valence-corrected chi connectivity index (χ2v) is 4.12. The molecule has 1 aliphatic rings. The van der Waals surface area contributed by atoms with Crippen LogP contribution < -0.4 is 0 Å². The maximum atomic E-state index is 12.6. The van der Waals surface area contributed by atoms with E-state index in [0.717, 1.165) is 19.3 Å². The Morgan fingerprint density at radius 2 is 2.28 bits per heavy atom. The lowest BCUT2D eigenvalue weighted by atomic mass is 10.1. The molecule has 0 aromatic carbocycles. The van der Waals surface area contributed by atoms with Crippen molar-refractivity contribution < 1.29 is 27.8 Å². The number of nitrogens with zero attached hydrogens (tertiary/aromatic N) is 1. The average molecular weight is 261 g/mol. The summed E-state index contributed by atoms with van der Waals surface area (Å²) in [5, 5.41) is 8.74. The van der Waals surface area contributed by atoms with Crippen molar-refractivity contribution in [1.29, 1.82) is 0 Å². The third-order valence-electron chi connectivity index (χ3n) is 2.77. The van der Waals surface area contributed by atoms with Gasteiger partial charge in [0.05, 0.1) is 12.5 Å². The van der Waals surface area contributed by atoms with Crippen molar-refractivity contribution in [3.8, 4) is 0 Å². The summed E-state index contributed by atoms with van der Waals surface area (Å²) in [6.45, 7) is 0.624. The normalized spacial score (nSPS) is 20.3. The predicted octanol–water partition coefficient (Wildman–Crippen LogP) is 2.42. The highest BCUT2D eigenvalue weighted by Gasteiger charge is 2.27. The number of aromatic nitrogens is 1. The Kier molecular flexibility index (Phi) is 3.90. The summed E-state index contributed by atoms with van der Waals surface area (Å²) in [7, 11) is 0. The molecule has 1 aliphatic heterocycles. The summed E-state index contributed by atoms with van der Waals surface area (Å²) in [6, 6.07) is 0. The summed E-state index contributed by atoms with van der Waals surface area (Å²) in [5.41, 5.74) is -0.812. The van der Waals surface area contributed by atoms with E-state index in [0.29, 0.717) is 6.61 Å². The molecule has 18 heavy (non-hydrogen) atoms. The standard InChI is InChI=1S/C11H13F2NO4/c12-10(13)8-9(11(15)16)18-7(14-8)5-6-3-1-2-4-17-6/h6,10H,1-5H2,(H,15,16). The van der Waals surface area contributed by atoms with E-state index in [9.17, 15) is 13.6 Å². The van der Waals surface area contributed by atoms with Crippen LogP contribution in [0.5, 0.6) is 0 Å². The number of halogens is 2. The minimum absolute atomic E-state index is 0.00500. The van der Waals surface area contributed by atoms with E-state index in [1.807, 2.05) is 0 Å². The summed E-state index contributed by atoms with van der Waals surface area (Å²) in [4.78, 5) is 14.3. The molecule has 1 aromatic rings. The minimum Gasteiger partial charge on any atom is -0.475 e. The SMILES string of the molecule is O=C(O)c1oc(CC2CCCCO2)nc1C(F)F. The average Bonchev–Trinajstić information content (AvgIpc) is 2.74. The van der Waals surface area contributed by atoms with Gasteiger partial charge in [-0.25, -0.2) is 18.6 Å². The fourth-order valence-electron chi connectivity index (χ4n) is 1.93. The lowest BCUT2D eigenvalue weighted by molar-refractivity contribution is 0.0128. The molecule has 100 valence electrons. The first-order valence-corrected chi connectivity index (χ1v) is 5.70. The molecule has 1 fully saturated rings. The molecule has 5 nitrogen and oxygen atoms in total. The first-order chi connectivity index (χ1) is 8.58. The maximum Gasteiger partial charge on any atom is 0.374 e. The van der Waals surface area contributed by atoms with Gasteiger partial charge in [-0.05, 0) is 19.3 Å². The molecular weight excluding hydrogens is 248 g/mol. The summed E-state index contributed by atoms with van der Waals surface area (Å²) < 4.78 is 35.4. The molecule has 0 spiro atoms. The van der Waals surface area contributed by atoms with E-state index < -0.39 is 23.8 Å². The van der Waals surface area contributed by atoms with E-state index >= 15 is 0 Å². The van der Waals surface area contributed by atoms with Crippen LogP contribution >= 0.6 is 0 Å². The Morgan fingerprint density at radius 1 is 1.50 bits per heavy atom. The Hall–Kier alpha value is -1.50. The number of rotatable bonds is 4. The Morgan fingerprint density at radius 3 is 2.78 bits per heavy atom. The fraction of sp³-hybridized carbons (Fsp3) is 0.636. The van der Waals surface area contributed by atoms with Crippen molar-refractivity contribution in [2.75, 3.05) is 6.61 Å². The van der Waals surface area contributed by atoms with E-state index in [1.165, 1.54) is 0 Å². The van der Waals surface area contributed by atoms with Gasteiger partial charge in [0.25, 0.3) is 6.43 Å². The Bertz CT molecular complexity index is 427. The number of carbonyl (C=O) groups is 1. The van der Waals surface area contributed by atoms with Crippen molar-refractivity contribution in [3.05, 3.63) is 17.3 Å². The number of ether oxygens (including phenoxy) is 1. The molecule has 2 heterocycles. The highest BCUT2D eigenvalue weighted by atomic mass is 19.3. The quantitative estimate of drug-likeness (QED) is 0.901. The Labute approximate surface area is 102 Å². The lowest BCUT2D eigenvalue weighted by Gasteiger charge is -2.20. The number of hydrogen-bond donors (Lipinski definition) is 1. The molecular formula is C11H13F2NO4. The van der Waals surface area contributed by atoms with Gasteiger partial charge in [-0.3, -0.25) is 0 Å². The molecule has 7 heteroatoms. The van der Waals surface area contributed by atoms with Crippen LogP contribution in [0, 0.1) is 0 Å². The molecule has 0 saturated carbocycles. The van der Waals surface area contributed by atoms with Gasteiger partial charge in [0.15, 0.2) is 11.6 Å². The molecule has 1 aromatic heterocycles. The molecule has 0 radical (unpaired) electrons. The van der Waals surface area contributed by atoms with Crippen LogP contribution in [-0.4, -0.2) is 28.8 Å². The van der Waals surface area contributed by atoms with Gasteiger partial charge in [0.1, 0.15) is 0 Å². The molecule has 2 rings (SSSR count). The van der Waals surface area contributed by atoms with Crippen LogP contribution in [0.4, 0.5) is 8.78 Å². The van der Waals surface area contributed by atoms with E-state index in [4.69, 9.17) is 14.3 Å². The van der Waals surface area contributed by atoms with Crippen LogP contribution in [0.15, 0.2) is 4.42 Å². The zero-order chi connectivity index (χ0) is 13.1. The molecule has 0 amide bonds. The number of hydrogen-bond acceptors (Lipinski definition) is 4. The fourth-order valence-corrected chi connectivity index (χ4v) is 1.93. The molecule has 1 unspecified atom stereocenters. The van der Waals surface area contributed by atoms with Crippen LogP contribution in [0.25, 0.3) is 0 Å². The third-order valence-corrected chi connectivity index (χ3v) is 2.77. The molecule has 1 N–H and O–H groups in total. The minimum atomic E-state index is -2.96. The molecule has 1 atom stereocenters. The Balaban J connectivity index is 2.13. The lowest BCUT2D eigenvalue weighted by Crippen LogP contribution is -2.21. The van der Waals surface area contributed by atoms with E-state index in [-0.39, 0.29) is 18.4 Å². The highest BCUT2D eigenvalue weighted by Crippen LogP contribution is 2.25. The topological polar surface area (TPSA) is 72.6 Å². The van der Waals surface area contributed by atoms with Crippen LogP contribution in [0.2, 0.25) is 0 Å². The summed E-state index contributed by atoms with van der Waals surface area (Å²) in [5.74, 6) is -2.32. The van der Waals surface area contributed by atoms with E-state index in [2.05, 4.69) is 4.98 Å². The van der Waals surface area contributed by atoms with Gasteiger partial charge in [-0.1, -0.05) is 0 Å². The molecule has 1 saturated heterocycles. The van der Waals surface area contributed by atoms with Crippen molar-refractivity contribution in [2.45, 2.75) is 38.2 Å². The number of carboxylic acid groups (broad SMARTS) is 1. The molecule has 0 bridgehead atoms. The van der Waals surface area contributed by atoms with Crippen molar-refractivity contribution in [2.24, 2.45) is 0 Å². The molecule has 0 aliphatic carbocycles. The first kappa shape index (κ1) is 12.9. The van der Waals surface area contributed by atoms with E-state index in [1.54, 1.807) is 0 Å². The first-order valence-electron chi connectivity index (χ1n) is 5.70. The van der Waals surface area contributed by atoms with Gasteiger partial charge in [-0.15, -0.1) is 0 Å². The number of alkyl halides is 2. The number of aromatic carboxylic acids is 1. The zero-order valence-electron chi connectivity index (χ0n) is 9.57. The van der Waals surface area contributed by atoms with Crippen molar-refractivity contribution >= 4 is 5.97 Å². The predicted molar refractivity (Wildman–Crippen MR) is 55.7 cm³/mol. The van der Waals surface area contributed by atoms with Gasteiger partial charge in [0.2, 0.25) is 5.76 Å². The van der Waals surface area contributed by atoms with Crippen LogP contribution in [0.3, 0.4) is 0 Å². The second kappa shape index (κ2) is 5.43. The highest BCUT2D eigenvalue weighted by molar-refractivity contribution is 5.85. The largest absolute Gasteiger partial charge is 0.475 e. The smallest absolute Gasteiger partial charge is 0.374 e. The number of carboxylic acids is 1. The monoisotopic (exact) mass is 261 g/mol. The number of oxazole rings is 1. The van der Waals surface area contributed by atoms with Crippen LogP contribution in [-0.2, 0) is 11.2 Å². The van der Waals surface area contributed by atoms with Crippen LogP contribution in [0.1, 0.15) is 47.8 Å². The third kappa shape index (κ3) is 2.84. The van der Waals surface area contributed by atoms with Gasteiger partial charge in [0, 0.05) is 6.61 Å². The van der Waals surface area contributed by atoms with Crippen molar-refractivity contribution in [1.82, 2.24) is 4.98 Å². The van der Waals surface area contributed by atoms with Gasteiger partial charge in [-0.2, -0.15) is 0 Å².